The molecular weight excluding hydrogens is 266 g/mol. The second-order valence-electron chi connectivity index (χ2n) is 5.66. The molecule has 1 aromatic rings. The number of amides is 1. The summed E-state index contributed by atoms with van der Waals surface area (Å²) in [6.45, 7) is 0.306. The van der Waals surface area contributed by atoms with Crippen LogP contribution in [-0.2, 0) is 0 Å². The zero-order valence-electron chi connectivity index (χ0n) is 11.8. The van der Waals surface area contributed by atoms with Crippen LogP contribution in [0.2, 0.25) is 0 Å². The summed E-state index contributed by atoms with van der Waals surface area (Å²) < 4.78 is 0. The molecule has 0 aromatic carbocycles. The van der Waals surface area contributed by atoms with Gasteiger partial charge < -0.3 is 15.7 Å². The third-order valence-electron chi connectivity index (χ3n) is 4.26. The van der Waals surface area contributed by atoms with Gasteiger partial charge in [0.05, 0.1) is 12.6 Å². The number of carbonyl (C=O) groups excluding carboxylic acids is 1. The maximum Gasteiger partial charge on any atom is 0.272 e. The third kappa shape index (κ3) is 2.78. The van der Waals surface area contributed by atoms with Gasteiger partial charge in [-0.25, -0.2) is 4.98 Å². The van der Waals surface area contributed by atoms with Crippen molar-refractivity contribution in [2.45, 2.75) is 43.9 Å². The lowest BCUT2D eigenvalue weighted by molar-refractivity contribution is 0.0282. The van der Waals surface area contributed by atoms with Crippen LogP contribution in [0.25, 0.3) is 0 Å². The lowest BCUT2D eigenvalue weighted by Crippen LogP contribution is -2.48. The van der Waals surface area contributed by atoms with Gasteiger partial charge in [0.15, 0.2) is 0 Å². The summed E-state index contributed by atoms with van der Waals surface area (Å²) in [5.74, 6) is 5.62. The molecule has 2 saturated heterocycles. The van der Waals surface area contributed by atoms with Gasteiger partial charge in [-0.2, -0.15) is 0 Å². The van der Waals surface area contributed by atoms with Crippen molar-refractivity contribution in [2.75, 3.05) is 6.54 Å². The first-order chi connectivity index (χ1) is 10.2. The predicted molar refractivity (Wildman–Crippen MR) is 78.4 cm³/mol. The first kappa shape index (κ1) is 14.1. The number of fused-ring (bicyclic) bond motifs is 2. The summed E-state index contributed by atoms with van der Waals surface area (Å²) in [6.07, 6.45) is 4.66. The van der Waals surface area contributed by atoms with E-state index in [0.717, 1.165) is 18.4 Å². The molecule has 110 valence electrons. The van der Waals surface area contributed by atoms with Crippen molar-refractivity contribution in [2.24, 2.45) is 5.73 Å². The van der Waals surface area contributed by atoms with Crippen molar-refractivity contribution in [3.8, 4) is 11.8 Å². The van der Waals surface area contributed by atoms with Gasteiger partial charge in [0.1, 0.15) is 5.69 Å². The van der Waals surface area contributed by atoms with E-state index in [4.69, 9.17) is 5.73 Å². The Bertz CT molecular complexity index is 574. The molecular formula is C16H19N3O2. The highest BCUT2D eigenvalue weighted by atomic mass is 16.3. The molecule has 0 radical (unpaired) electrons. The number of hydrogen-bond acceptors (Lipinski definition) is 4. The highest BCUT2D eigenvalue weighted by molar-refractivity contribution is 5.93. The standard InChI is InChI=1S/C16H19N3O2/c17-7-1-2-11-3-6-15(18-10-11)16(21)19-12-4-5-13(19)9-14(20)8-12/h3,6,10,12-14,20H,4-5,7-9,17H2. The Morgan fingerprint density at radius 2 is 2.10 bits per heavy atom. The number of aromatic nitrogens is 1. The van der Waals surface area contributed by atoms with E-state index in [9.17, 15) is 9.90 Å². The van der Waals surface area contributed by atoms with Gasteiger partial charge in [-0.3, -0.25) is 4.79 Å². The van der Waals surface area contributed by atoms with Gasteiger partial charge in [-0.15, -0.1) is 0 Å². The minimum absolute atomic E-state index is 0.0345. The second-order valence-corrected chi connectivity index (χ2v) is 5.66. The Balaban J connectivity index is 1.76. The first-order valence-corrected chi connectivity index (χ1v) is 7.34. The van der Waals surface area contributed by atoms with Gasteiger partial charge in [-0.05, 0) is 37.8 Å². The smallest absolute Gasteiger partial charge is 0.272 e. The Morgan fingerprint density at radius 3 is 2.67 bits per heavy atom. The van der Waals surface area contributed by atoms with Crippen LogP contribution in [0.4, 0.5) is 0 Å². The second kappa shape index (κ2) is 5.84. The van der Waals surface area contributed by atoms with E-state index in [2.05, 4.69) is 16.8 Å². The normalized spacial score (nSPS) is 27.1. The summed E-state index contributed by atoms with van der Waals surface area (Å²) in [5.41, 5.74) is 6.53. The van der Waals surface area contributed by atoms with E-state index in [1.54, 1.807) is 18.3 Å². The molecule has 2 aliphatic rings. The third-order valence-corrected chi connectivity index (χ3v) is 4.26. The van der Waals surface area contributed by atoms with Crippen molar-refractivity contribution in [1.29, 1.82) is 0 Å². The topological polar surface area (TPSA) is 79.5 Å². The molecule has 5 nitrogen and oxygen atoms in total. The van der Waals surface area contributed by atoms with Crippen molar-refractivity contribution < 1.29 is 9.90 Å². The Morgan fingerprint density at radius 1 is 1.38 bits per heavy atom. The molecule has 3 N–H and O–H groups in total. The summed E-state index contributed by atoms with van der Waals surface area (Å²) in [7, 11) is 0. The molecule has 1 aromatic heterocycles. The fourth-order valence-electron chi connectivity index (χ4n) is 3.36. The molecule has 0 spiro atoms. The SMILES string of the molecule is NCC#Cc1ccc(C(=O)N2C3CCC2CC(O)C3)nc1. The van der Waals surface area contributed by atoms with Gasteiger partial charge in [0.2, 0.25) is 0 Å². The zero-order valence-corrected chi connectivity index (χ0v) is 11.8. The van der Waals surface area contributed by atoms with Crippen LogP contribution in [0, 0.1) is 11.8 Å². The number of pyridine rings is 1. The molecule has 0 aliphatic carbocycles. The molecule has 3 rings (SSSR count). The quantitative estimate of drug-likeness (QED) is 0.737. The largest absolute Gasteiger partial charge is 0.393 e. The number of rotatable bonds is 1. The monoisotopic (exact) mass is 285 g/mol. The number of aliphatic hydroxyl groups is 1. The maximum atomic E-state index is 12.6. The van der Waals surface area contributed by atoms with Crippen LogP contribution in [0.3, 0.4) is 0 Å². The number of piperidine rings is 1. The van der Waals surface area contributed by atoms with Crippen molar-refractivity contribution in [3.63, 3.8) is 0 Å². The molecule has 0 saturated carbocycles. The molecule has 2 aliphatic heterocycles. The highest BCUT2D eigenvalue weighted by Crippen LogP contribution is 2.36. The van der Waals surface area contributed by atoms with Gasteiger partial charge in [0, 0.05) is 23.8 Å². The molecule has 2 unspecified atom stereocenters. The lowest BCUT2D eigenvalue weighted by Gasteiger charge is -2.37. The van der Waals surface area contributed by atoms with Crippen LogP contribution in [-0.4, -0.2) is 45.6 Å². The van der Waals surface area contributed by atoms with Crippen LogP contribution in [0.15, 0.2) is 18.3 Å². The summed E-state index contributed by atoms with van der Waals surface area (Å²) in [6, 6.07) is 3.83. The molecule has 2 fully saturated rings. The molecule has 1 amide bonds. The van der Waals surface area contributed by atoms with Crippen molar-refractivity contribution in [1.82, 2.24) is 9.88 Å². The van der Waals surface area contributed by atoms with Crippen LogP contribution in [0.1, 0.15) is 41.7 Å². The van der Waals surface area contributed by atoms with Crippen molar-refractivity contribution >= 4 is 5.91 Å². The summed E-state index contributed by atoms with van der Waals surface area (Å²) >= 11 is 0. The Kier molecular flexibility index (Phi) is 3.91. The van der Waals surface area contributed by atoms with E-state index < -0.39 is 0 Å². The lowest BCUT2D eigenvalue weighted by atomic mass is 9.99. The first-order valence-electron chi connectivity index (χ1n) is 7.34. The highest BCUT2D eigenvalue weighted by Gasteiger charge is 2.43. The predicted octanol–water partition coefficient (Wildman–Crippen LogP) is 0.520. The Labute approximate surface area is 124 Å². The fraction of sp³-hybridized carbons (Fsp3) is 0.500. The number of carbonyl (C=O) groups is 1. The van der Waals surface area contributed by atoms with E-state index >= 15 is 0 Å². The van der Waals surface area contributed by atoms with Crippen LogP contribution in [0.5, 0.6) is 0 Å². The van der Waals surface area contributed by atoms with E-state index in [1.807, 2.05) is 4.90 Å². The van der Waals surface area contributed by atoms with Crippen molar-refractivity contribution in [3.05, 3.63) is 29.6 Å². The molecule has 2 bridgehead atoms. The Hall–Kier alpha value is -1.90. The average molecular weight is 285 g/mol. The van der Waals surface area contributed by atoms with Gasteiger partial charge in [-0.1, -0.05) is 11.8 Å². The summed E-state index contributed by atoms with van der Waals surface area (Å²) in [4.78, 5) is 18.8. The molecule has 5 heteroatoms. The molecule has 21 heavy (non-hydrogen) atoms. The van der Waals surface area contributed by atoms with E-state index in [1.165, 1.54) is 0 Å². The van der Waals surface area contributed by atoms with Crippen LogP contribution >= 0.6 is 0 Å². The van der Waals surface area contributed by atoms with Gasteiger partial charge in [0.25, 0.3) is 5.91 Å². The minimum atomic E-state index is -0.270. The maximum absolute atomic E-state index is 12.6. The number of aliphatic hydroxyl groups excluding tert-OH is 1. The van der Waals surface area contributed by atoms with E-state index in [0.29, 0.717) is 25.1 Å². The van der Waals surface area contributed by atoms with E-state index in [-0.39, 0.29) is 24.1 Å². The molecule has 3 heterocycles. The number of nitrogens with two attached hydrogens (primary N) is 1. The molecule has 2 atom stereocenters. The zero-order chi connectivity index (χ0) is 14.8. The number of nitrogens with zero attached hydrogens (tertiary/aromatic N) is 2. The fourth-order valence-corrected chi connectivity index (χ4v) is 3.36. The average Bonchev–Trinajstić information content (AvgIpc) is 2.77. The van der Waals surface area contributed by atoms with Crippen LogP contribution < -0.4 is 5.73 Å². The minimum Gasteiger partial charge on any atom is -0.393 e. The summed E-state index contributed by atoms with van der Waals surface area (Å²) in [5, 5.41) is 9.80. The van der Waals surface area contributed by atoms with Gasteiger partial charge >= 0.3 is 0 Å². The number of hydrogen-bond donors (Lipinski definition) is 2.